The molecule has 1 aliphatic heterocycles. The number of rotatable bonds is 3. The zero-order chi connectivity index (χ0) is 17.1. The monoisotopic (exact) mass is 359 g/mol. The van der Waals surface area contributed by atoms with Gasteiger partial charge in [-0.3, -0.25) is 9.59 Å². The molecular formula is C19H22ClN3O2. The Kier molecular flexibility index (Phi) is 6.04. The molecule has 25 heavy (non-hydrogen) atoms. The van der Waals surface area contributed by atoms with Crippen molar-refractivity contribution in [2.75, 3.05) is 24.2 Å². The molecule has 0 aromatic heterocycles. The first kappa shape index (κ1) is 18.8. The minimum Gasteiger partial charge on any atom is -0.385 e. The smallest absolute Gasteiger partial charge is 0.256 e. The van der Waals surface area contributed by atoms with Crippen molar-refractivity contribution in [1.82, 2.24) is 5.32 Å². The van der Waals surface area contributed by atoms with Crippen LogP contribution in [0, 0.1) is 6.92 Å². The van der Waals surface area contributed by atoms with Crippen molar-refractivity contribution in [3.63, 3.8) is 0 Å². The highest BCUT2D eigenvalue weighted by molar-refractivity contribution is 6.07. The molecule has 0 spiro atoms. The predicted octanol–water partition coefficient (Wildman–Crippen LogP) is 3.39. The summed E-state index contributed by atoms with van der Waals surface area (Å²) in [4.78, 5) is 24.5. The van der Waals surface area contributed by atoms with E-state index >= 15 is 0 Å². The lowest BCUT2D eigenvalue weighted by Gasteiger charge is -2.21. The van der Waals surface area contributed by atoms with E-state index in [0.717, 1.165) is 36.2 Å². The molecule has 0 atom stereocenters. The van der Waals surface area contributed by atoms with Crippen LogP contribution in [0.25, 0.3) is 0 Å². The Bertz CT molecular complexity index is 805. The minimum atomic E-state index is -0.174. The number of halogens is 1. The van der Waals surface area contributed by atoms with Gasteiger partial charge < -0.3 is 16.0 Å². The first-order valence-corrected chi connectivity index (χ1v) is 8.10. The first-order valence-electron chi connectivity index (χ1n) is 8.10. The summed E-state index contributed by atoms with van der Waals surface area (Å²) in [7, 11) is 1.59. The molecule has 3 rings (SSSR count). The van der Waals surface area contributed by atoms with Crippen molar-refractivity contribution in [2.24, 2.45) is 0 Å². The predicted molar refractivity (Wildman–Crippen MR) is 103 cm³/mol. The lowest BCUT2D eigenvalue weighted by atomic mass is 9.97. The Labute approximate surface area is 153 Å². The molecule has 6 heteroatoms. The van der Waals surface area contributed by atoms with Crippen LogP contribution in [-0.2, 0) is 6.42 Å². The Morgan fingerprint density at radius 3 is 2.68 bits per heavy atom. The molecule has 0 fully saturated rings. The molecule has 1 aliphatic rings. The molecule has 0 aliphatic carbocycles. The van der Waals surface area contributed by atoms with E-state index in [1.165, 1.54) is 0 Å². The van der Waals surface area contributed by atoms with Crippen LogP contribution in [0.1, 0.15) is 38.3 Å². The van der Waals surface area contributed by atoms with Crippen LogP contribution in [0.4, 0.5) is 11.4 Å². The first-order chi connectivity index (χ1) is 11.6. The summed E-state index contributed by atoms with van der Waals surface area (Å²) in [5.74, 6) is -0.320. The molecule has 0 saturated heterocycles. The number of carbonyl (C=O) groups excluding carboxylic acids is 2. The molecule has 5 nitrogen and oxygen atoms in total. The average molecular weight is 360 g/mol. The summed E-state index contributed by atoms with van der Waals surface area (Å²) in [5.41, 5.74) is 4.87. The number of nitrogens with one attached hydrogen (secondary N) is 3. The van der Waals surface area contributed by atoms with Gasteiger partial charge in [-0.1, -0.05) is 12.1 Å². The summed E-state index contributed by atoms with van der Waals surface area (Å²) in [6, 6.07) is 11.0. The number of fused-ring (bicyclic) bond motifs is 1. The van der Waals surface area contributed by atoms with E-state index in [1.54, 1.807) is 19.2 Å². The third-order valence-corrected chi connectivity index (χ3v) is 4.31. The summed E-state index contributed by atoms with van der Waals surface area (Å²) >= 11 is 0. The number of hydrogen-bond acceptors (Lipinski definition) is 3. The Hall–Kier alpha value is -2.53. The topological polar surface area (TPSA) is 70.2 Å². The largest absolute Gasteiger partial charge is 0.385 e. The fourth-order valence-electron chi connectivity index (χ4n) is 2.95. The Balaban J connectivity index is 0.00000225. The standard InChI is InChI=1S/C19H21N3O2.ClH/c1-12-8-9-13(18(23)20-2)11-17(12)22-19(24)15-5-3-7-16-14(15)6-4-10-21-16;/h3,5,7-9,11,21H,4,6,10H2,1-2H3,(H,20,23)(H,22,24);1H. The maximum atomic E-state index is 12.7. The molecule has 0 unspecified atom stereocenters. The molecule has 132 valence electrons. The Morgan fingerprint density at radius 2 is 1.92 bits per heavy atom. The minimum absolute atomic E-state index is 0. The summed E-state index contributed by atoms with van der Waals surface area (Å²) in [6.45, 7) is 2.84. The quantitative estimate of drug-likeness (QED) is 0.786. The molecule has 0 radical (unpaired) electrons. The van der Waals surface area contributed by atoms with Crippen molar-refractivity contribution < 1.29 is 9.59 Å². The summed E-state index contributed by atoms with van der Waals surface area (Å²) < 4.78 is 0. The van der Waals surface area contributed by atoms with Crippen LogP contribution in [-0.4, -0.2) is 25.4 Å². The fraction of sp³-hybridized carbons (Fsp3) is 0.263. The molecule has 2 aromatic rings. The highest BCUT2D eigenvalue weighted by atomic mass is 35.5. The van der Waals surface area contributed by atoms with E-state index in [9.17, 15) is 9.59 Å². The van der Waals surface area contributed by atoms with Crippen molar-refractivity contribution in [1.29, 1.82) is 0 Å². The van der Waals surface area contributed by atoms with Gasteiger partial charge in [-0.15, -0.1) is 12.4 Å². The van der Waals surface area contributed by atoms with Gasteiger partial charge in [0.1, 0.15) is 0 Å². The maximum absolute atomic E-state index is 12.7. The van der Waals surface area contributed by atoms with Gasteiger partial charge in [0.25, 0.3) is 11.8 Å². The highest BCUT2D eigenvalue weighted by Gasteiger charge is 2.18. The van der Waals surface area contributed by atoms with Crippen LogP contribution in [0.5, 0.6) is 0 Å². The Morgan fingerprint density at radius 1 is 1.12 bits per heavy atom. The number of hydrogen-bond donors (Lipinski definition) is 3. The van der Waals surface area contributed by atoms with Crippen molar-refractivity contribution in [2.45, 2.75) is 19.8 Å². The third kappa shape index (κ3) is 3.94. The van der Waals surface area contributed by atoms with Crippen molar-refractivity contribution in [3.05, 3.63) is 58.7 Å². The van der Waals surface area contributed by atoms with Gasteiger partial charge >= 0.3 is 0 Å². The normalized spacial score (nSPS) is 12.2. The lowest BCUT2D eigenvalue weighted by Crippen LogP contribution is -2.21. The summed E-state index contributed by atoms with van der Waals surface area (Å²) in [6.07, 6.45) is 1.91. The van der Waals surface area contributed by atoms with Crippen molar-refractivity contribution >= 4 is 35.6 Å². The second-order valence-electron chi connectivity index (χ2n) is 5.92. The fourth-order valence-corrected chi connectivity index (χ4v) is 2.95. The molecule has 0 saturated carbocycles. The van der Waals surface area contributed by atoms with Gasteiger partial charge in [0.05, 0.1) is 0 Å². The number of amides is 2. The number of anilines is 2. The van der Waals surface area contributed by atoms with Gasteiger partial charge in [-0.2, -0.15) is 0 Å². The molecule has 0 bridgehead atoms. The van der Waals surface area contributed by atoms with Crippen molar-refractivity contribution in [3.8, 4) is 0 Å². The van der Waals surface area contributed by atoms with Gasteiger partial charge in [0.2, 0.25) is 0 Å². The third-order valence-electron chi connectivity index (χ3n) is 4.31. The van der Waals surface area contributed by atoms with Crippen LogP contribution in [0.3, 0.4) is 0 Å². The maximum Gasteiger partial charge on any atom is 0.256 e. The zero-order valence-electron chi connectivity index (χ0n) is 14.3. The second-order valence-corrected chi connectivity index (χ2v) is 5.92. The van der Waals surface area contributed by atoms with E-state index in [1.807, 2.05) is 31.2 Å². The van der Waals surface area contributed by atoms with E-state index in [2.05, 4.69) is 16.0 Å². The van der Waals surface area contributed by atoms with Gasteiger partial charge in [0.15, 0.2) is 0 Å². The van der Waals surface area contributed by atoms with E-state index in [4.69, 9.17) is 0 Å². The summed E-state index contributed by atoms with van der Waals surface area (Å²) in [5, 5.41) is 8.88. The lowest BCUT2D eigenvalue weighted by molar-refractivity contribution is 0.0961. The highest BCUT2D eigenvalue weighted by Crippen LogP contribution is 2.26. The second kappa shape index (κ2) is 8.03. The number of aryl methyl sites for hydroxylation is 1. The van der Waals surface area contributed by atoms with Crippen LogP contribution >= 0.6 is 12.4 Å². The van der Waals surface area contributed by atoms with E-state index < -0.39 is 0 Å². The molecule has 1 heterocycles. The average Bonchev–Trinajstić information content (AvgIpc) is 2.62. The van der Waals surface area contributed by atoms with Crippen LogP contribution < -0.4 is 16.0 Å². The molecule has 2 aromatic carbocycles. The molecule has 2 amide bonds. The molecule has 3 N–H and O–H groups in total. The molecular weight excluding hydrogens is 338 g/mol. The van der Waals surface area contributed by atoms with Crippen LogP contribution in [0.15, 0.2) is 36.4 Å². The number of carbonyl (C=O) groups is 2. The zero-order valence-corrected chi connectivity index (χ0v) is 15.1. The SMILES string of the molecule is CNC(=O)c1ccc(C)c(NC(=O)c2cccc3c2CCCN3)c1.Cl. The van der Waals surface area contributed by atoms with Gasteiger partial charge in [-0.05, 0) is 55.2 Å². The van der Waals surface area contributed by atoms with E-state index in [0.29, 0.717) is 16.8 Å². The number of benzene rings is 2. The van der Waals surface area contributed by atoms with Gasteiger partial charge in [-0.25, -0.2) is 0 Å². The van der Waals surface area contributed by atoms with Gasteiger partial charge in [0, 0.05) is 36.1 Å². The van der Waals surface area contributed by atoms with E-state index in [-0.39, 0.29) is 24.2 Å². The van der Waals surface area contributed by atoms with Crippen LogP contribution in [0.2, 0.25) is 0 Å².